The molecule has 2 aromatic rings. The Morgan fingerprint density at radius 3 is 2.74 bits per heavy atom. The Hall–Kier alpha value is -3.15. The minimum absolute atomic E-state index is 0.0726. The minimum Gasteiger partial charge on any atom is -0.383 e. The molecule has 0 unspecified atom stereocenters. The van der Waals surface area contributed by atoms with Gasteiger partial charge in [0, 0.05) is 46.9 Å². The van der Waals surface area contributed by atoms with Crippen LogP contribution in [0.5, 0.6) is 0 Å². The standard InChI is InChI=1S/C26H21ClFN5OS/c27-14-3-1-4-15(28)20(14)19-13(11-29)24-31-23(30)22-18-12-7-9-32(10-8-12)25(18)35-26(22)33(24)16-5-2-6-17(34)21(16)19/h1,3-4,12,19H,2,5-10H2,(H2,30,31)/t19-/m1/s1. The average molecular weight is 506 g/mol. The third kappa shape index (κ3) is 2.74. The van der Waals surface area contributed by atoms with Crippen molar-refractivity contribution in [2.45, 2.75) is 43.9 Å². The molecule has 8 rings (SSSR count). The van der Waals surface area contributed by atoms with Gasteiger partial charge in [-0.25, -0.2) is 9.38 Å². The third-order valence-electron chi connectivity index (χ3n) is 7.92. The Morgan fingerprint density at radius 1 is 1.20 bits per heavy atom. The Morgan fingerprint density at radius 2 is 2.00 bits per heavy atom. The second kappa shape index (κ2) is 7.42. The molecule has 5 aliphatic heterocycles. The summed E-state index contributed by atoms with van der Waals surface area (Å²) in [6.45, 7) is 2.06. The van der Waals surface area contributed by atoms with Gasteiger partial charge in [-0.15, -0.1) is 0 Å². The average Bonchev–Trinajstić information content (AvgIpc) is 3.28. The zero-order chi connectivity index (χ0) is 24.0. The van der Waals surface area contributed by atoms with Crippen LogP contribution in [-0.4, -0.2) is 24.7 Å². The molecule has 0 amide bonds. The van der Waals surface area contributed by atoms with Crippen molar-refractivity contribution in [3.8, 4) is 6.07 Å². The molecule has 6 nitrogen and oxygen atoms in total. The van der Waals surface area contributed by atoms with Gasteiger partial charge in [0.25, 0.3) is 0 Å². The normalized spacial score (nSPS) is 23.1. The van der Waals surface area contributed by atoms with Crippen molar-refractivity contribution in [1.82, 2.24) is 0 Å². The second-order valence-electron chi connectivity index (χ2n) is 9.65. The molecule has 1 aromatic heterocycles. The summed E-state index contributed by atoms with van der Waals surface area (Å²) >= 11 is 8.14. The molecule has 0 saturated carbocycles. The largest absolute Gasteiger partial charge is 0.383 e. The number of rotatable bonds is 1. The fourth-order valence-corrected chi connectivity index (χ4v) is 8.18. The van der Waals surface area contributed by atoms with Crippen LogP contribution in [0.1, 0.15) is 60.6 Å². The summed E-state index contributed by atoms with van der Waals surface area (Å²) in [6, 6.07) is 6.69. The summed E-state index contributed by atoms with van der Waals surface area (Å²) in [5.41, 5.74) is 10.4. The Labute approximate surface area is 210 Å². The molecule has 1 fully saturated rings. The monoisotopic (exact) mass is 505 g/mol. The van der Waals surface area contributed by atoms with Crippen LogP contribution in [0.3, 0.4) is 0 Å². The summed E-state index contributed by atoms with van der Waals surface area (Å²) in [5.74, 6) is -0.308. The molecule has 6 heterocycles. The quantitative estimate of drug-likeness (QED) is 0.568. The van der Waals surface area contributed by atoms with Crippen molar-refractivity contribution < 1.29 is 9.18 Å². The zero-order valence-electron chi connectivity index (χ0n) is 18.8. The van der Waals surface area contributed by atoms with E-state index in [1.165, 1.54) is 22.7 Å². The molecule has 6 aliphatic rings. The van der Waals surface area contributed by atoms with Gasteiger partial charge < -0.3 is 10.6 Å². The second-order valence-corrected chi connectivity index (χ2v) is 11.0. The maximum atomic E-state index is 15.2. The van der Waals surface area contributed by atoms with Crippen LogP contribution in [0.25, 0.3) is 0 Å². The van der Waals surface area contributed by atoms with Gasteiger partial charge in [-0.1, -0.05) is 29.0 Å². The molecule has 35 heavy (non-hydrogen) atoms. The lowest BCUT2D eigenvalue weighted by molar-refractivity contribution is -0.116. The third-order valence-corrected chi connectivity index (χ3v) is 9.50. The molecule has 1 aliphatic carbocycles. The van der Waals surface area contributed by atoms with E-state index in [4.69, 9.17) is 22.3 Å². The maximum absolute atomic E-state index is 15.2. The molecule has 1 atom stereocenters. The molecule has 2 N–H and O–H groups in total. The number of Topliss-reactive ketones (excluding diaryl/α,β-unsaturated/α-hetero) is 1. The van der Waals surface area contributed by atoms with Crippen LogP contribution in [-0.2, 0) is 4.79 Å². The van der Waals surface area contributed by atoms with Crippen molar-refractivity contribution in [3.05, 3.63) is 68.4 Å². The maximum Gasteiger partial charge on any atom is 0.161 e. The predicted octanol–water partition coefficient (Wildman–Crippen LogP) is 5.30. The van der Waals surface area contributed by atoms with E-state index in [2.05, 4.69) is 11.0 Å². The topological polar surface area (TPSA) is 85.7 Å². The molecule has 0 radical (unpaired) electrons. The number of aliphatic imine (C=N–C) groups is 1. The zero-order valence-corrected chi connectivity index (χ0v) is 20.3. The van der Waals surface area contributed by atoms with Crippen LogP contribution in [0, 0.1) is 17.1 Å². The van der Waals surface area contributed by atoms with Crippen molar-refractivity contribution >= 4 is 44.6 Å². The van der Waals surface area contributed by atoms with Crippen molar-refractivity contribution in [2.75, 3.05) is 22.9 Å². The number of carbonyl (C=O) groups excluding carboxylic acids is 1. The molecular formula is C26H21ClFN5OS. The lowest BCUT2D eigenvalue weighted by Crippen LogP contribution is -2.40. The Bertz CT molecular complexity index is 1450. The Kier molecular flexibility index (Phi) is 4.49. The van der Waals surface area contributed by atoms with E-state index in [-0.39, 0.29) is 21.9 Å². The molecular weight excluding hydrogens is 485 g/mol. The minimum atomic E-state index is -0.907. The highest BCUT2D eigenvalue weighted by Gasteiger charge is 2.47. The van der Waals surface area contributed by atoms with Gasteiger partial charge in [0.1, 0.15) is 16.7 Å². The first-order valence-electron chi connectivity index (χ1n) is 11.9. The number of ketones is 1. The summed E-state index contributed by atoms with van der Waals surface area (Å²) in [6.07, 6.45) is 3.87. The number of allylic oxidation sites excluding steroid dienone is 3. The van der Waals surface area contributed by atoms with Crippen molar-refractivity contribution in [2.24, 2.45) is 10.7 Å². The number of benzene rings is 1. The summed E-state index contributed by atoms with van der Waals surface area (Å²) in [7, 11) is 0. The van der Waals surface area contributed by atoms with E-state index in [0.717, 1.165) is 42.2 Å². The number of nitrogens with zero attached hydrogens (tertiary/aromatic N) is 4. The van der Waals surface area contributed by atoms with E-state index < -0.39 is 11.7 Å². The number of hydrogen-bond acceptors (Lipinski definition) is 7. The summed E-state index contributed by atoms with van der Waals surface area (Å²) < 4.78 is 15.2. The van der Waals surface area contributed by atoms with Gasteiger partial charge in [0.2, 0.25) is 0 Å². The van der Waals surface area contributed by atoms with Crippen molar-refractivity contribution in [1.29, 1.82) is 5.26 Å². The molecule has 2 bridgehead atoms. The lowest BCUT2D eigenvalue weighted by atomic mass is 9.75. The highest BCUT2D eigenvalue weighted by Crippen LogP contribution is 2.58. The molecule has 9 heteroatoms. The van der Waals surface area contributed by atoms with Gasteiger partial charge in [-0.2, -0.15) is 5.26 Å². The highest BCUT2D eigenvalue weighted by atomic mass is 35.5. The number of piperidine rings is 1. The highest BCUT2D eigenvalue weighted by molar-refractivity contribution is 7.21. The number of nitrogens with two attached hydrogens (primary N) is 1. The number of fused-ring (bicyclic) bond motifs is 6. The first kappa shape index (κ1) is 21.2. The van der Waals surface area contributed by atoms with E-state index in [1.54, 1.807) is 17.4 Å². The van der Waals surface area contributed by atoms with Crippen LogP contribution in [0.2, 0.25) is 5.02 Å². The van der Waals surface area contributed by atoms with E-state index >= 15 is 4.39 Å². The molecule has 1 aromatic carbocycles. The smallest absolute Gasteiger partial charge is 0.161 e. The summed E-state index contributed by atoms with van der Waals surface area (Å²) in [5, 5.41) is 12.7. The molecule has 1 saturated heterocycles. The number of nitriles is 1. The van der Waals surface area contributed by atoms with Crippen LogP contribution < -0.4 is 15.5 Å². The van der Waals surface area contributed by atoms with Gasteiger partial charge in [0.15, 0.2) is 11.6 Å². The number of anilines is 2. The van der Waals surface area contributed by atoms with Gasteiger partial charge in [0.05, 0.1) is 28.1 Å². The van der Waals surface area contributed by atoms with E-state index in [1.807, 2.05) is 4.90 Å². The first-order valence-corrected chi connectivity index (χ1v) is 13.1. The number of carbonyl (C=O) groups is 1. The van der Waals surface area contributed by atoms with E-state index in [9.17, 15) is 10.1 Å². The molecule has 0 spiro atoms. The molecule has 176 valence electrons. The predicted molar refractivity (Wildman–Crippen MR) is 134 cm³/mol. The number of amidine groups is 1. The number of thiophene rings is 1. The summed E-state index contributed by atoms with van der Waals surface area (Å²) in [4.78, 5) is 22.6. The van der Waals surface area contributed by atoms with Crippen molar-refractivity contribution in [3.63, 3.8) is 0 Å². The van der Waals surface area contributed by atoms with Crippen LogP contribution >= 0.6 is 22.9 Å². The van der Waals surface area contributed by atoms with Gasteiger partial charge >= 0.3 is 0 Å². The fraction of sp³-hybridized carbons (Fsp3) is 0.346. The van der Waals surface area contributed by atoms with Gasteiger partial charge in [-0.05, 0) is 43.7 Å². The first-order chi connectivity index (χ1) is 17.0. The fourth-order valence-electron chi connectivity index (χ4n) is 6.43. The number of halogens is 2. The van der Waals surface area contributed by atoms with E-state index in [0.29, 0.717) is 42.4 Å². The lowest BCUT2D eigenvalue weighted by Gasteiger charge is -2.41. The van der Waals surface area contributed by atoms with Crippen LogP contribution in [0.15, 0.2) is 45.9 Å². The van der Waals surface area contributed by atoms with Crippen LogP contribution in [0.4, 0.5) is 14.4 Å². The number of hydrogen-bond donors (Lipinski definition) is 1. The van der Waals surface area contributed by atoms with Gasteiger partial charge in [-0.3, -0.25) is 9.69 Å². The SMILES string of the molecule is N#CC1=C2N=C(N)c3c(sc4c3C3CCN4CC3)N2C2=C(C(=O)CCC2)[C@H]1c1c(F)cccc1Cl. The Balaban J connectivity index is 1.54.